The Morgan fingerprint density at radius 1 is 1.42 bits per heavy atom. The van der Waals surface area contributed by atoms with Crippen LogP contribution in [0.1, 0.15) is 45.3 Å². The number of rotatable bonds is 5. The molecule has 1 aromatic rings. The fraction of sp³-hybridized carbons (Fsp3) is 0.786. The second kappa shape index (κ2) is 6.28. The number of ketones is 1. The van der Waals surface area contributed by atoms with E-state index in [-0.39, 0.29) is 12.2 Å². The first-order valence-electron chi connectivity index (χ1n) is 7.09. The normalized spacial score (nSPS) is 18.1. The van der Waals surface area contributed by atoms with E-state index in [0.29, 0.717) is 17.9 Å². The molecule has 0 aromatic carbocycles. The van der Waals surface area contributed by atoms with E-state index >= 15 is 0 Å². The SMILES string of the molecule is CC(=O)Cc1nc(CC2CCN(C(C)C)CC2)no1. The lowest BCUT2D eigenvalue weighted by Crippen LogP contribution is -2.38. The van der Waals surface area contributed by atoms with E-state index in [1.54, 1.807) is 0 Å². The monoisotopic (exact) mass is 265 g/mol. The van der Waals surface area contributed by atoms with E-state index in [1.165, 1.54) is 19.8 Å². The molecule has 106 valence electrons. The number of piperidine rings is 1. The van der Waals surface area contributed by atoms with Crippen molar-refractivity contribution in [1.29, 1.82) is 0 Å². The molecule has 1 aliphatic rings. The quantitative estimate of drug-likeness (QED) is 0.813. The summed E-state index contributed by atoms with van der Waals surface area (Å²) in [4.78, 5) is 17.8. The molecular weight excluding hydrogens is 242 g/mol. The average molecular weight is 265 g/mol. The van der Waals surface area contributed by atoms with Gasteiger partial charge in [-0.3, -0.25) is 4.79 Å². The molecule has 0 radical (unpaired) electrons. The molecule has 1 aromatic heterocycles. The second-order valence-corrected chi connectivity index (χ2v) is 5.76. The summed E-state index contributed by atoms with van der Waals surface area (Å²) in [5.41, 5.74) is 0. The molecular formula is C14H23N3O2. The molecule has 1 fully saturated rings. The molecule has 0 N–H and O–H groups in total. The van der Waals surface area contributed by atoms with Crippen LogP contribution in [0, 0.1) is 5.92 Å². The van der Waals surface area contributed by atoms with Crippen molar-refractivity contribution in [2.24, 2.45) is 5.92 Å². The maximum absolute atomic E-state index is 11.0. The van der Waals surface area contributed by atoms with Gasteiger partial charge in [-0.25, -0.2) is 0 Å². The molecule has 0 unspecified atom stereocenters. The van der Waals surface area contributed by atoms with Gasteiger partial charge in [-0.1, -0.05) is 5.16 Å². The smallest absolute Gasteiger partial charge is 0.234 e. The number of hydrogen-bond donors (Lipinski definition) is 0. The van der Waals surface area contributed by atoms with Crippen LogP contribution in [0.3, 0.4) is 0 Å². The largest absolute Gasteiger partial charge is 0.339 e. The molecule has 1 aliphatic heterocycles. The molecule has 2 rings (SSSR count). The van der Waals surface area contributed by atoms with Crippen LogP contribution >= 0.6 is 0 Å². The van der Waals surface area contributed by atoms with Crippen LogP contribution in [-0.4, -0.2) is 40.0 Å². The van der Waals surface area contributed by atoms with Crippen molar-refractivity contribution in [2.45, 2.75) is 52.5 Å². The highest BCUT2D eigenvalue weighted by atomic mass is 16.5. The van der Waals surface area contributed by atoms with E-state index in [0.717, 1.165) is 25.3 Å². The highest BCUT2D eigenvalue weighted by molar-refractivity contribution is 5.77. The van der Waals surface area contributed by atoms with Crippen LogP contribution in [0.25, 0.3) is 0 Å². The van der Waals surface area contributed by atoms with Gasteiger partial charge in [0, 0.05) is 12.5 Å². The van der Waals surface area contributed by atoms with E-state index in [2.05, 4.69) is 28.9 Å². The number of Topliss-reactive ketones (excluding diaryl/α,β-unsaturated/α-hetero) is 1. The Labute approximate surface area is 114 Å². The van der Waals surface area contributed by atoms with Crippen LogP contribution < -0.4 is 0 Å². The Hall–Kier alpha value is -1.23. The van der Waals surface area contributed by atoms with Gasteiger partial charge < -0.3 is 9.42 Å². The van der Waals surface area contributed by atoms with Crippen molar-refractivity contribution in [1.82, 2.24) is 15.0 Å². The highest BCUT2D eigenvalue weighted by Gasteiger charge is 2.22. The van der Waals surface area contributed by atoms with Crippen LogP contribution in [0.4, 0.5) is 0 Å². The Morgan fingerprint density at radius 3 is 2.68 bits per heavy atom. The minimum atomic E-state index is 0.0560. The van der Waals surface area contributed by atoms with Crippen LogP contribution in [-0.2, 0) is 17.6 Å². The first kappa shape index (κ1) is 14.2. The van der Waals surface area contributed by atoms with Crippen LogP contribution in [0.2, 0.25) is 0 Å². The predicted molar refractivity (Wildman–Crippen MR) is 71.8 cm³/mol. The van der Waals surface area contributed by atoms with Crippen molar-refractivity contribution in [3.63, 3.8) is 0 Å². The zero-order valence-electron chi connectivity index (χ0n) is 12.1. The van der Waals surface area contributed by atoms with Gasteiger partial charge in [0.15, 0.2) is 5.82 Å². The summed E-state index contributed by atoms with van der Waals surface area (Å²) < 4.78 is 5.08. The molecule has 0 aliphatic carbocycles. The van der Waals surface area contributed by atoms with Crippen molar-refractivity contribution in [2.75, 3.05) is 13.1 Å². The third-order valence-electron chi connectivity index (χ3n) is 3.76. The topological polar surface area (TPSA) is 59.2 Å². The van der Waals surface area contributed by atoms with Crippen molar-refractivity contribution < 1.29 is 9.32 Å². The summed E-state index contributed by atoms with van der Waals surface area (Å²) in [6.45, 7) is 8.33. The summed E-state index contributed by atoms with van der Waals surface area (Å²) in [7, 11) is 0. The van der Waals surface area contributed by atoms with E-state index in [4.69, 9.17) is 4.52 Å². The molecule has 2 heterocycles. The first-order valence-corrected chi connectivity index (χ1v) is 7.09. The Balaban J connectivity index is 1.82. The lowest BCUT2D eigenvalue weighted by Gasteiger charge is -2.34. The Bertz CT molecular complexity index is 420. The fourth-order valence-electron chi connectivity index (χ4n) is 2.59. The number of nitrogens with zero attached hydrogens (tertiary/aromatic N) is 3. The minimum absolute atomic E-state index is 0.0560. The molecule has 0 amide bonds. The Kier molecular flexibility index (Phi) is 4.69. The van der Waals surface area contributed by atoms with Crippen LogP contribution in [0.5, 0.6) is 0 Å². The maximum atomic E-state index is 11.0. The summed E-state index contributed by atoms with van der Waals surface area (Å²) in [5.74, 6) is 1.89. The predicted octanol–water partition coefficient (Wildman–Crippen LogP) is 1.86. The molecule has 0 saturated carbocycles. The number of carbonyl (C=O) groups is 1. The van der Waals surface area contributed by atoms with E-state index < -0.39 is 0 Å². The molecule has 0 atom stereocenters. The Morgan fingerprint density at radius 2 is 2.11 bits per heavy atom. The molecule has 19 heavy (non-hydrogen) atoms. The number of likely N-dealkylation sites (tertiary alicyclic amines) is 1. The summed E-state index contributed by atoms with van der Waals surface area (Å²) >= 11 is 0. The highest BCUT2D eigenvalue weighted by Crippen LogP contribution is 2.21. The molecule has 0 bridgehead atoms. The van der Waals surface area contributed by atoms with Gasteiger partial charge in [0.25, 0.3) is 0 Å². The third-order valence-corrected chi connectivity index (χ3v) is 3.76. The molecule has 5 heteroatoms. The van der Waals surface area contributed by atoms with Gasteiger partial charge in [0.2, 0.25) is 5.89 Å². The maximum Gasteiger partial charge on any atom is 0.234 e. The minimum Gasteiger partial charge on any atom is -0.339 e. The fourth-order valence-corrected chi connectivity index (χ4v) is 2.59. The zero-order chi connectivity index (χ0) is 13.8. The van der Waals surface area contributed by atoms with Crippen molar-refractivity contribution in [3.05, 3.63) is 11.7 Å². The second-order valence-electron chi connectivity index (χ2n) is 5.76. The van der Waals surface area contributed by atoms with Gasteiger partial charge in [0.05, 0.1) is 6.42 Å². The number of carbonyl (C=O) groups excluding carboxylic acids is 1. The number of hydrogen-bond acceptors (Lipinski definition) is 5. The van der Waals surface area contributed by atoms with Gasteiger partial charge in [0.1, 0.15) is 5.78 Å². The standard InChI is InChI=1S/C14H23N3O2/c1-10(2)17-6-4-12(5-7-17)9-13-15-14(19-16-13)8-11(3)18/h10,12H,4-9H2,1-3H3. The van der Waals surface area contributed by atoms with Crippen molar-refractivity contribution >= 4 is 5.78 Å². The summed E-state index contributed by atoms with van der Waals surface area (Å²) in [6.07, 6.45) is 3.50. The van der Waals surface area contributed by atoms with Gasteiger partial charge >= 0.3 is 0 Å². The molecule has 0 spiro atoms. The van der Waals surface area contributed by atoms with E-state index in [9.17, 15) is 4.79 Å². The number of aromatic nitrogens is 2. The molecule has 1 saturated heterocycles. The average Bonchev–Trinajstić information content (AvgIpc) is 2.76. The lowest BCUT2D eigenvalue weighted by atomic mass is 9.93. The van der Waals surface area contributed by atoms with Gasteiger partial charge in [-0.2, -0.15) is 4.98 Å². The summed E-state index contributed by atoms with van der Waals surface area (Å²) in [6, 6.07) is 0.633. The third kappa shape index (κ3) is 4.13. The first-order chi connectivity index (χ1) is 9.04. The van der Waals surface area contributed by atoms with Crippen molar-refractivity contribution in [3.8, 4) is 0 Å². The lowest BCUT2D eigenvalue weighted by molar-refractivity contribution is -0.116. The summed E-state index contributed by atoms with van der Waals surface area (Å²) in [5, 5.41) is 3.97. The molecule has 5 nitrogen and oxygen atoms in total. The van der Waals surface area contributed by atoms with Gasteiger partial charge in [-0.15, -0.1) is 0 Å². The van der Waals surface area contributed by atoms with E-state index in [1.807, 2.05) is 0 Å². The van der Waals surface area contributed by atoms with Gasteiger partial charge in [-0.05, 0) is 52.6 Å². The van der Waals surface area contributed by atoms with Crippen LogP contribution in [0.15, 0.2) is 4.52 Å². The zero-order valence-corrected chi connectivity index (χ0v) is 12.1.